The van der Waals surface area contributed by atoms with Gasteiger partial charge in [0.05, 0.1) is 25.3 Å². The molecule has 2 aromatic carbocycles. The van der Waals surface area contributed by atoms with Crippen molar-refractivity contribution in [1.29, 1.82) is 0 Å². The number of anilines is 2. The molecule has 1 N–H and O–H groups in total. The molecular formula is C26H27N3O4S. The van der Waals surface area contributed by atoms with Crippen LogP contribution >= 0.6 is 11.3 Å². The van der Waals surface area contributed by atoms with E-state index in [2.05, 4.69) is 5.32 Å². The van der Waals surface area contributed by atoms with E-state index < -0.39 is 18.0 Å². The fraction of sp³-hybridized carbons (Fsp3) is 0.269. The largest absolute Gasteiger partial charge is 0.494 e. The quantitative estimate of drug-likeness (QED) is 0.429. The molecular weight excluding hydrogens is 450 g/mol. The Morgan fingerprint density at radius 1 is 1.09 bits per heavy atom. The normalized spacial score (nSPS) is 15.6. The lowest BCUT2D eigenvalue weighted by Gasteiger charge is -2.21. The van der Waals surface area contributed by atoms with Crippen molar-refractivity contribution in [2.75, 3.05) is 16.8 Å². The second-order valence-electron chi connectivity index (χ2n) is 8.14. The van der Waals surface area contributed by atoms with Gasteiger partial charge in [-0.1, -0.05) is 25.1 Å². The number of hydrogen-bond acceptors (Lipinski definition) is 5. The molecule has 1 atom stereocenters. The van der Waals surface area contributed by atoms with Gasteiger partial charge in [0.2, 0.25) is 5.91 Å². The Labute approximate surface area is 202 Å². The Morgan fingerprint density at radius 2 is 1.88 bits per heavy atom. The van der Waals surface area contributed by atoms with Crippen molar-refractivity contribution >= 4 is 40.6 Å². The van der Waals surface area contributed by atoms with Crippen LogP contribution in [0.25, 0.3) is 0 Å². The number of hydrogen-bond donors (Lipinski definition) is 1. The van der Waals surface area contributed by atoms with Gasteiger partial charge in [0.15, 0.2) is 0 Å². The van der Waals surface area contributed by atoms with Gasteiger partial charge in [0.25, 0.3) is 5.91 Å². The van der Waals surface area contributed by atoms with E-state index in [1.807, 2.05) is 43.5 Å². The van der Waals surface area contributed by atoms with E-state index in [0.717, 1.165) is 22.6 Å². The molecule has 1 aliphatic rings. The third-order valence-electron chi connectivity index (χ3n) is 5.47. The van der Waals surface area contributed by atoms with Crippen molar-refractivity contribution in [2.24, 2.45) is 0 Å². The van der Waals surface area contributed by atoms with Gasteiger partial charge in [-0.2, -0.15) is 0 Å². The molecule has 0 saturated carbocycles. The highest BCUT2D eigenvalue weighted by atomic mass is 32.1. The third-order valence-corrected chi connectivity index (χ3v) is 6.34. The zero-order valence-corrected chi connectivity index (χ0v) is 20.0. The topological polar surface area (TPSA) is 79.0 Å². The SMILES string of the molecule is CCCOc1ccc(NC(=O)CC2C(=O)N(c3cccc(C)c3)C(=O)N2Cc2cccs2)cc1. The molecule has 3 aromatic rings. The fourth-order valence-corrected chi connectivity index (χ4v) is 4.53. The van der Waals surface area contributed by atoms with E-state index in [-0.39, 0.29) is 18.9 Å². The Balaban J connectivity index is 1.51. The van der Waals surface area contributed by atoms with Crippen LogP contribution in [0.3, 0.4) is 0 Å². The van der Waals surface area contributed by atoms with Crippen LogP contribution in [0.5, 0.6) is 5.75 Å². The number of nitrogens with one attached hydrogen (secondary N) is 1. The molecule has 8 heteroatoms. The average molecular weight is 478 g/mol. The number of carbonyl (C=O) groups excluding carboxylic acids is 3. The standard InChI is InChI=1S/C26H27N3O4S/c1-3-13-33-21-11-9-19(10-12-21)27-24(30)16-23-25(31)29(20-7-4-6-18(2)15-20)26(32)28(23)17-22-8-5-14-34-22/h4-12,14-15,23H,3,13,16-17H2,1-2H3,(H,27,30). The number of rotatable bonds is 9. The molecule has 0 spiro atoms. The van der Waals surface area contributed by atoms with E-state index in [9.17, 15) is 14.4 Å². The van der Waals surface area contributed by atoms with Crippen LogP contribution in [0.2, 0.25) is 0 Å². The summed E-state index contributed by atoms with van der Waals surface area (Å²) in [6.45, 7) is 4.83. The molecule has 34 heavy (non-hydrogen) atoms. The van der Waals surface area contributed by atoms with Crippen LogP contribution in [-0.4, -0.2) is 35.4 Å². The molecule has 4 amide bonds. The maximum Gasteiger partial charge on any atom is 0.332 e. The highest BCUT2D eigenvalue weighted by Crippen LogP contribution is 2.30. The van der Waals surface area contributed by atoms with Crippen molar-refractivity contribution in [3.8, 4) is 5.75 Å². The summed E-state index contributed by atoms with van der Waals surface area (Å²) < 4.78 is 5.57. The van der Waals surface area contributed by atoms with Gasteiger partial charge in [-0.25, -0.2) is 9.69 Å². The zero-order valence-electron chi connectivity index (χ0n) is 19.2. The van der Waals surface area contributed by atoms with E-state index in [4.69, 9.17) is 4.74 Å². The van der Waals surface area contributed by atoms with Crippen molar-refractivity contribution in [2.45, 2.75) is 39.3 Å². The van der Waals surface area contributed by atoms with Gasteiger partial charge >= 0.3 is 6.03 Å². The summed E-state index contributed by atoms with van der Waals surface area (Å²) >= 11 is 1.51. The van der Waals surface area contributed by atoms with Gasteiger partial charge in [-0.3, -0.25) is 9.59 Å². The molecule has 7 nitrogen and oxygen atoms in total. The number of carbonyl (C=O) groups is 3. The maximum atomic E-state index is 13.4. The minimum atomic E-state index is -0.887. The molecule has 1 aromatic heterocycles. The van der Waals surface area contributed by atoms with Crippen molar-refractivity contribution in [3.63, 3.8) is 0 Å². The average Bonchev–Trinajstić information content (AvgIpc) is 3.41. The minimum absolute atomic E-state index is 0.133. The number of thiophene rings is 1. The molecule has 1 unspecified atom stereocenters. The molecule has 0 bridgehead atoms. The van der Waals surface area contributed by atoms with Crippen LogP contribution in [-0.2, 0) is 16.1 Å². The van der Waals surface area contributed by atoms with Crippen LogP contribution in [0.1, 0.15) is 30.2 Å². The fourth-order valence-electron chi connectivity index (χ4n) is 3.83. The second kappa shape index (κ2) is 10.5. The van der Waals surface area contributed by atoms with Gasteiger partial charge < -0.3 is 15.0 Å². The first kappa shape index (κ1) is 23.5. The number of ether oxygens (including phenoxy) is 1. The lowest BCUT2D eigenvalue weighted by molar-refractivity contribution is -0.124. The lowest BCUT2D eigenvalue weighted by atomic mass is 10.1. The summed E-state index contributed by atoms with van der Waals surface area (Å²) in [5.41, 5.74) is 2.05. The number of aryl methyl sites for hydroxylation is 1. The van der Waals surface area contributed by atoms with Gasteiger partial charge in [0, 0.05) is 10.6 Å². The number of urea groups is 1. The Morgan fingerprint density at radius 3 is 2.56 bits per heavy atom. The molecule has 1 aliphatic heterocycles. The monoisotopic (exact) mass is 477 g/mol. The number of nitrogens with zero attached hydrogens (tertiary/aromatic N) is 2. The molecule has 1 saturated heterocycles. The predicted molar refractivity (Wildman–Crippen MR) is 133 cm³/mol. The highest BCUT2D eigenvalue weighted by Gasteiger charge is 2.46. The number of amides is 4. The molecule has 4 rings (SSSR count). The highest BCUT2D eigenvalue weighted by molar-refractivity contribution is 7.09. The van der Waals surface area contributed by atoms with Crippen LogP contribution in [0, 0.1) is 6.92 Å². The van der Waals surface area contributed by atoms with Gasteiger partial charge in [-0.15, -0.1) is 11.3 Å². The smallest absolute Gasteiger partial charge is 0.332 e. The summed E-state index contributed by atoms with van der Waals surface area (Å²) in [5, 5.41) is 4.75. The van der Waals surface area contributed by atoms with Crippen LogP contribution < -0.4 is 15.0 Å². The number of imide groups is 1. The van der Waals surface area contributed by atoms with E-state index in [0.29, 0.717) is 18.0 Å². The maximum absolute atomic E-state index is 13.4. The summed E-state index contributed by atoms with van der Waals surface area (Å²) in [6, 6.07) is 16.8. The summed E-state index contributed by atoms with van der Waals surface area (Å²) in [5.74, 6) is -0.00592. The molecule has 176 valence electrons. The summed E-state index contributed by atoms with van der Waals surface area (Å²) in [4.78, 5) is 43.2. The van der Waals surface area contributed by atoms with Gasteiger partial charge in [-0.05, 0) is 66.8 Å². The van der Waals surface area contributed by atoms with Gasteiger partial charge in [0.1, 0.15) is 11.8 Å². The van der Waals surface area contributed by atoms with E-state index >= 15 is 0 Å². The van der Waals surface area contributed by atoms with Crippen molar-refractivity contribution in [1.82, 2.24) is 4.90 Å². The lowest BCUT2D eigenvalue weighted by Crippen LogP contribution is -2.37. The molecule has 2 heterocycles. The summed E-state index contributed by atoms with van der Waals surface area (Å²) in [6.07, 6.45) is 0.778. The zero-order chi connectivity index (χ0) is 24.1. The summed E-state index contributed by atoms with van der Waals surface area (Å²) in [7, 11) is 0. The Hall–Kier alpha value is -3.65. The predicted octanol–water partition coefficient (Wildman–Crippen LogP) is 5.21. The molecule has 0 radical (unpaired) electrons. The van der Waals surface area contributed by atoms with E-state index in [1.165, 1.54) is 21.1 Å². The number of benzene rings is 2. The Kier molecular flexibility index (Phi) is 7.27. The van der Waals surface area contributed by atoms with Crippen molar-refractivity contribution in [3.05, 3.63) is 76.5 Å². The first-order chi connectivity index (χ1) is 16.5. The molecule has 0 aliphatic carbocycles. The first-order valence-corrected chi connectivity index (χ1v) is 12.1. The third kappa shape index (κ3) is 5.28. The first-order valence-electron chi connectivity index (χ1n) is 11.2. The van der Waals surface area contributed by atoms with Crippen molar-refractivity contribution < 1.29 is 19.1 Å². The van der Waals surface area contributed by atoms with Crippen LogP contribution in [0.15, 0.2) is 66.0 Å². The second-order valence-corrected chi connectivity index (χ2v) is 9.18. The van der Waals surface area contributed by atoms with Crippen LogP contribution in [0.4, 0.5) is 16.2 Å². The minimum Gasteiger partial charge on any atom is -0.494 e. The van der Waals surface area contributed by atoms with E-state index in [1.54, 1.807) is 36.4 Å². The molecule has 1 fully saturated rings. The Bertz CT molecular complexity index is 1160.